The number of hydrogen-bond donors (Lipinski definition) is 0. The highest BCUT2D eigenvalue weighted by molar-refractivity contribution is 6.24. The van der Waals surface area contributed by atoms with Gasteiger partial charge in [-0.15, -0.1) is 0 Å². The first kappa shape index (κ1) is 36.9. The van der Waals surface area contributed by atoms with Crippen LogP contribution >= 0.6 is 0 Å². The second-order valence-electron chi connectivity index (χ2n) is 18.9. The van der Waals surface area contributed by atoms with Crippen molar-refractivity contribution in [2.24, 2.45) is 0 Å². The third-order valence-corrected chi connectivity index (χ3v) is 15.6. The molecule has 67 heavy (non-hydrogen) atoms. The zero-order chi connectivity index (χ0) is 44.2. The van der Waals surface area contributed by atoms with Crippen LogP contribution in [-0.2, 0) is 10.8 Å². The summed E-state index contributed by atoms with van der Waals surface area (Å²) in [6.07, 6.45) is 0. The van der Waals surface area contributed by atoms with Crippen LogP contribution in [0.5, 0.6) is 0 Å². The molecule has 12 aromatic rings. The van der Waals surface area contributed by atoms with Crippen molar-refractivity contribution in [1.29, 1.82) is 0 Å². The molecule has 3 heteroatoms. The van der Waals surface area contributed by atoms with E-state index >= 15 is 0 Å². The van der Waals surface area contributed by atoms with Crippen LogP contribution in [0.15, 0.2) is 224 Å². The van der Waals surface area contributed by atoms with Crippen molar-refractivity contribution in [2.45, 2.75) is 24.7 Å². The van der Waals surface area contributed by atoms with Crippen LogP contribution in [0.3, 0.4) is 0 Å². The van der Waals surface area contributed by atoms with Gasteiger partial charge in [-0.2, -0.15) is 0 Å². The molecule has 3 aliphatic rings. The summed E-state index contributed by atoms with van der Waals surface area (Å²) in [6.45, 7) is 4.52. The maximum Gasteiger partial charge on any atom is 0.0748 e. The van der Waals surface area contributed by atoms with Crippen LogP contribution in [0.4, 0.5) is 34.1 Å². The number of aromatic nitrogens is 1. The molecule has 314 valence electrons. The minimum absolute atomic E-state index is 0.626. The standard InChI is InChI=1S/C64H43N3/c1-40-32-34-60-54(36-40)64(55-37-41(2)33-35-61(55)66(60)43-38-46-44-20-6-14-28-56(44)67-57-29-15-7-21-45(57)47(39-43)62(46)67)50-24-10-8-22-48(50)63(49-23-9-11-25-51(49)64)52-26-12-16-30-58(52)65(42-18-4-3-5-19-42)59-31-17-13-27-53(59)63/h3-39H,1-2H3. The smallest absolute Gasteiger partial charge is 0.0748 e. The summed E-state index contributed by atoms with van der Waals surface area (Å²) in [5.41, 5.74) is 22.5. The van der Waals surface area contributed by atoms with Crippen molar-refractivity contribution in [3.05, 3.63) is 280 Å². The third-order valence-electron chi connectivity index (χ3n) is 15.6. The molecule has 0 atom stereocenters. The molecular weight excluding hydrogens is 811 g/mol. The van der Waals surface area contributed by atoms with E-state index in [9.17, 15) is 0 Å². The van der Waals surface area contributed by atoms with Gasteiger partial charge in [0.05, 0.1) is 50.1 Å². The average molecular weight is 854 g/mol. The van der Waals surface area contributed by atoms with Crippen molar-refractivity contribution in [3.63, 3.8) is 0 Å². The van der Waals surface area contributed by atoms with Crippen LogP contribution in [0.1, 0.15) is 55.6 Å². The maximum atomic E-state index is 2.58. The van der Waals surface area contributed by atoms with Crippen LogP contribution in [0.25, 0.3) is 38.1 Å². The lowest BCUT2D eigenvalue weighted by Crippen LogP contribution is -2.49. The summed E-state index contributed by atoms with van der Waals surface area (Å²) in [4.78, 5) is 5.05. The summed E-state index contributed by atoms with van der Waals surface area (Å²) in [5, 5.41) is 5.10. The predicted molar refractivity (Wildman–Crippen MR) is 277 cm³/mol. The lowest BCUT2D eigenvalue weighted by molar-refractivity contribution is 0.607. The lowest BCUT2D eigenvalue weighted by atomic mass is 9.49. The second kappa shape index (κ2) is 13.1. The van der Waals surface area contributed by atoms with Gasteiger partial charge >= 0.3 is 0 Å². The molecule has 0 saturated carbocycles. The molecule has 2 aromatic heterocycles. The summed E-state index contributed by atoms with van der Waals surface area (Å²) in [7, 11) is 0. The molecule has 0 bridgehead atoms. The number of aryl methyl sites for hydroxylation is 2. The van der Waals surface area contributed by atoms with E-state index in [0.717, 1.165) is 11.4 Å². The Morgan fingerprint density at radius 3 is 1.15 bits per heavy atom. The van der Waals surface area contributed by atoms with Crippen molar-refractivity contribution in [3.8, 4) is 0 Å². The summed E-state index contributed by atoms with van der Waals surface area (Å²) in [6, 6.07) is 85.2. The molecular formula is C64H43N3. The second-order valence-corrected chi connectivity index (χ2v) is 18.9. The molecule has 0 N–H and O–H groups in total. The molecule has 0 amide bonds. The molecule has 4 heterocycles. The van der Waals surface area contributed by atoms with E-state index in [1.807, 2.05) is 0 Å². The fraction of sp³-hybridized carbons (Fsp3) is 0.0625. The molecule has 1 aliphatic carbocycles. The molecule has 2 aliphatic heterocycles. The normalized spacial score (nSPS) is 14.9. The Kier molecular flexibility index (Phi) is 7.22. The fourth-order valence-electron chi connectivity index (χ4n) is 13.2. The highest BCUT2D eigenvalue weighted by Crippen LogP contribution is 2.68. The van der Waals surface area contributed by atoms with E-state index in [2.05, 4.69) is 253 Å². The molecule has 0 fully saturated rings. The monoisotopic (exact) mass is 853 g/mol. The van der Waals surface area contributed by atoms with Gasteiger partial charge < -0.3 is 14.2 Å². The number of fused-ring (bicyclic) bond motifs is 20. The van der Waals surface area contributed by atoms with E-state index in [1.54, 1.807) is 0 Å². The Bertz CT molecular complexity index is 3810. The first-order chi connectivity index (χ1) is 33.1. The average Bonchev–Trinajstić information content (AvgIpc) is 3.90. The number of hydrogen-bond acceptors (Lipinski definition) is 2. The molecule has 3 nitrogen and oxygen atoms in total. The van der Waals surface area contributed by atoms with Gasteiger partial charge in [-0.3, -0.25) is 0 Å². The van der Waals surface area contributed by atoms with E-state index < -0.39 is 10.8 Å². The zero-order valence-corrected chi connectivity index (χ0v) is 37.2. The van der Waals surface area contributed by atoms with Crippen LogP contribution in [0.2, 0.25) is 0 Å². The number of benzene rings is 10. The van der Waals surface area contributed by atoms with E-state index in [4.69, 9.17) is 0 Å². The molecule has 15 rings (SSSR count). The Morgan fingerprint density at radius 1 is 0.284 bits per heavy atom. The topological polar surface area (TPSA) is 10.9 Å². The summed E-state index contributed by atoms with van der Waals surface area (Å²) in [5.74, 6) is 0. The van der Waals surface area contributed by atoms with Gasteiger partial charge in [0.1, 0.15) is 0 Å². The quantitative estimate of drug-likeness (QED) is 0.172. The van der Waals surface area contributed by atoms with Gasteiger partial charge in [0.15, 0.2) is 0 Å². The Labute approximate surface area is 389 Å². The highest BCUT2D eigenvalue weighted by atomic mass is 15.2. The lowest BCUT2D eigenvalue weighted by Gasteiger charge is -2.56. The van der Waals surface area contributed by atoms with E-state index in [-0.39, 0.29) is 0 Å². The van der Waals surface area contributed by atoms with Crippen LogP contribution < -0.4 is 9.80 Å². The first-order valence-corrected chi connectivity index (χ1v) is 23.5. The number of rotatable bonds is 2. The predicted octanol–water partition coefficient (Wildman–Crippen LogP) is 16.1. The minimum Gasteiger partial charge on any atom is -0.310 e. The van der Waals surface area contributed by atoms with Gasteiger partial charge in [-0.1, -0.05) is 175 Å². The van der Waals surface area contributed by atoms with Crippen molar-refractivity contribution < 1.29 is 0 Å². The van der Waals surface area contributed by atoms with Gasteiger partial charge in [0, 0.05) is 32.9 Å². The zero-order valence-electron chi connectivity index (χ0n) is 37.2. The molecule has 0 unspecified atom stereocenters. The maximum absolute atomic E-state index is 2.58. The molecule has 10 aromatic carbocycles. The first-order valence-electron chi connectivity index (χ1n) is 23.5. The molecule has 2 spiro atoms. The molecule has 0 radical (unpaired) electrons. The van der Waals surface area contributed by atoms with E-state index in [1.165, 1.54) is 116 Å². The minimum atomic E-state index is -0.665. The number of nitrogens with zero attached hydrogens (tertiary/aromatic N) is 3. The van der Waals surface area contributed by atoms with Gasteiger partial charge in [-0.25, -0.2) is 0 Å². The largest absolute Gasteiger partial charge is 0.310 e. The summed E-state index contributed by atoms with van der Waals surface area (Å²) >= 11 is 0. The fourth-order valence-corrected chi connectivity index (χ4v) is 13.2. The number of anilines is 6. The van der Waals surface area contributed by atoms with Gasteiger partial charge in [0.2, 0.25) is 0 Å². The SMILES string of the molecule is Cc1ccc2c(c1)C1(c3cc(C)ccc3N2c2cc3c4ccccc4n4c5ccccc5c(c2)c34)c2ccccc2C2(c3ccccc3N(c3ccccc3)c3ccccc32)c2ccccc21. The third kappa shape index (κ3) is 4.47. The van der Waals surface area contributed by atoms with Gasteiger partial charge in [0.25, 0.3) is 0 Å². The Morgan fingerprint density at radius 2 is 0.657 bits per heavy atom. The van der Waals surface area contributed by atoms with Gasteiger partial charge in [-0.05, 0) is 119 Å². The highest BCUT2D eigenvalue weighted by Gasteiger charge is 2.59. The van der Waals surface area contributed by atoms with Crippen LogP contribution in [-0.4, -0.2) is 4.40 Å². The van der Waals surface area contributed by atoms with Crippen molar-refractivity contribution in [1.82, 2.24) is 4.40 Å². The number of para-hydroxylation sites is 5. The van der Waals surface area contributed by atoms with E-state index in [0.29, 0.717) is 0 Å². The Hall–Kier alpha value is -8.40. The van der Waals surface area contributed by atoms with Crippen molar-refractivity contribution >= 4 is 72.2 Å². The summed E-state index contributed by atoms with van der Waals surface area (Å²) < 4.78 is 2.48. The van der Waals surface area contributed by atoms with Crippen LogP contribution in [0, 0.1) is 13.8 Å². The van der Waals surface area contributed by atoms with Crippen molar-refractivity contribution in [2.75, 3.05) is 9.80 Å². The Balaban J connectivity index is 1.07. The molecule has 0 saturated heterocycles.